The number of benzene rings is 1. The first kappa shape index (κ1) is 20.6. The van der Waals surface area contributed by atoms with Gasteiger partial charge in [0.15, 0.2) is 0 Å². The fraction of sp³-hybridized carbons (Fsp3) is 0.304. The Morgan fingerprint density at radius 2 is 1.87 bits per heavy atom. The average molecular weight is 421 g/mol. The molecule has 0 atom stereocenters. The van der Waals surface area contributed by atoms with Crippen molar-refractivity contribution in [3.05, 3.63) is 52.5 Å². The second-order valence-electron chi connectivity index (χ2n) is 7.28. The van der Waals surface area contributed by atoms with Gasteiger partial charge in [-0.1, -0.05) is 26.2 Å². The molecule has 3 heterocycles. The number of hydrogen-bond donors (Lipinski definition) is 1. The van der Waals surface area contributed by atoms with E-state index in [0.29, 0.717) is 22.4 Å². The molecule has 0 unspecified atom stereocenters. The van der Waals surface area contributed by atoms with Gasteiger partial charge in [0.05, 0.1) is 7.11 Å². The predicted octanol–water partition coefficient (Wildman–Crippen LogP) is 4.74. The van der Waals surface area contributed by atoms with Crippen LogP contribution in [0.4, 0.5) is 0 Å². The number of phenolic OH excluding ortho intramolecular Hbond substituents is 1. The number of aromatic hydroxyl groups is 1. The lowest BCUT2D eigenvalue weighted by Gasteiger charge is -2.07. The van der Waals surface area contributed by atoms with Crippen LogP contribution in [-0.2, 0) is 6.42 Å². The van der Waals surface area contributed by atoms with E-state index in [4.69, 9.17) is 13.6 Å². The lowest BCUT2D eigenvalue weighted by Crippen LogP contribution is -2.03. The first-order valence-corrected chi connectivity index (χ1v) is 10.2. The second kappa shape index (κ2) is 8.99. The number of pyridine rings is 1. The summed E-state index contributed by atoms with van der Waals surface area (Å²) in [4.78, 5) is 16.6. The summed E-state index contributed by atoms with van der Waals surface area (Å²) < 4.78 is 16.2. The van der Waals surface area contributed by atoms with Crippen LogP contribution in [0.5, 0.6) is 11.6 Å². The summed E-state index contributed by atoms with van der Waals surface area (Å²) in [6, 6.07) is 8.34. The number of phenols is 1. The first-order valence-electron chi connectivity index (χ1n) is 10.2. The fourth-order valence-corrected chi connectivity index (χ4v) is 3.40. The standard InChI is InChI=1S/C23H23N3O5/c1-3-4-5-6-7-14-10-16-11-17(23(28)30-19(16)13-18(14)27)22-26-25-21(31-22)15-8-9-24-20(12-15)29-2/h8-13,27H,3-7H2,1-2H3. The monoisotopic (exact) mass is 421 g/mol. The van der Waals surface area contributed by atoms with Crippen molar-refractivity contribution in [2.45, 2.75) is 39.0 Å². The number of aromatic nitrogens is 3. The Hall–Kier alpha value is -3.68. The summed E-state index contributed by atoms with van der Waals surface area (Å²) >= 11 is 0. The maximum absolute atomic E-state index is 12.5. The van der Waals surface area contributed by atoms with Gasteiger partial charge in [0.1, 0.15) is 16.9 Å². The molecular weight excluding hydrogens is 398 g/mol. The fourth-order valence-electron chi connectivity index (χ4n) is 3.40. The number of rotatable bonds is 8. The maximum Gasteiger partial charge on any atom is 0.349 e. The van der Waals surface area contributed by atoms with Gasteiger partial charge in [-0.15, -0.1) is 10.2 Å². The van der Waals surface area contributed by atoms with E-state index in [1.165, 1.54) is 13.2 Å². The van der Waals surface area contributed by atoms with Crippen LogP contribution in [0.3, 0.4) is 0 Å². The third-order valence-electron chi connectivity index (χ3n) is 5.08. The number of aryl methyl sites for hydroxylation is 1. The molecule has 4 rings (SSSR count). The molecule has 160 valence electrons. The van der Waals surface area contributed by atoms with Crippen molar-refractivity contribution >= 4 is 11.0 Å². The van der Waals surface area contributed by atoms with Crippen molar-refractivity contribution in [1.29, 1.82) is 0 Å². The van der Waals surface area contributed by atoms with E-state index in [-0.39, 0.29) is 23.1 Å². The third kappa shape index (κ3) is 4.42. The molecule has 0 aliphatic heterocycles. The van der Waals surface area contributed by atoms with Crippen LogP contribution < -0.4 is 10.4 Å². The molecular formula is C23H23N3O5. The number of nitrogens with zero attached hydrogens (tertiary/aromatic N) is 3. The molecule has 0 spiro atoms. The van der Waals surface area contributed by atoms with Crippen molar-refractivity contribution in [2.75, 3.05) is 7.11 Å². The molecule has 0 saturated carbocycles. The number of hydrogen-bond acceptors (Lipinski definition) is 8. The summed E-state index contributed by atoms with van der Waals surface area (Å²) in [6.45, 7) is 2.16. The second-order valence-corrected chi connectivity index (χ2v) is 7.28. The summed E-state index contributed by atoms with van der Waals surface area (Å²) in [7, 11) is 1.52. The van der Waals surface area contributed by atoms with Gasteiger partial charge in [-0.25, -0.2) is 9.78 Å². The van der Waals surface area contributed by atoms with Crippen molar-refractivity contribution in [1.82, 2.24) is 15.2 Å². The highest BCUT2D eigenvalue weighted by atomic mass is 16.5. The van der Waals surface area contributed by atoms with Crippen molar-refractivity contribution in [3.8, 4) is 34.5 Å². The Bertz CT molecular complexity index is 1260. The molecule has 0 saturated heterocycles. The van der Waals surface area contributed by atoms with Crippen molar-refractivity contribution in [3.63, 3.8) is 0 Å². The Kier molecular flexibility index (Phi) is 5.97. The molecule has 4 aromatic rings. The molecule has 0 fully saturated rings. The van der Waals surface area contributed by atoms with Crippen LogP contribution >= 0.6 is 0 Å². The van der Waals surface area contributed by atoms with Crippen LogP contribution in [0.1, 0.15) is 38.2 Å². The van der Waals surface area contributed by atoms with Gasteiger partial charge >= 0.3 is 5.63 Å². The minimum Gasteiger partial charge on any atom is -0.508 e. The van der Waals surface area contributed by atoms with E-state index >= 15 is 0 Å². The van der Waals surface area contributed by atoms with E-state index in [1.807, 2.05) is 6.07 Å². The third-order valence-corrected chi connectivity index (χ3v) is 5.08. The number of fused-ring (bicyclic) bond motifs is 1. The maximum atomic E-state index is 12.5. The zero-order valence-corrected chi connectivity index (χ0v) is 17.4. The van der Waals surface area contributed by atoms with Gasteiger partial charge in [0.25, 0.3) is 5.89 Å². The summed E-state index contributed by atoms with van der Waals surface area (Å²) in [5, 5.41) is 19.0. The highest BCUT2D eigenvalue weighted by Gasteiger charge is 2.17. The van der Waals surface area contributed by atoms with Crippen molar-refractivity contribution in [2.24, 2.45) is 0 Å². The van der Waals surface area contributed by atoms with E-state index in [0.717, 1.165) is 37.7 Å². The molecule has 0 aliphatic rings. The quantitative estimate of drug-likeness (QED) is 0.321. The summed E-state index contributed by atoms with van der Waals surface area (Å²) in [6.07, 6.45) is 6.72. The molecule has 1 N–H and O–H groups in total. The van der Waals surface area contributed by atoms with E-state index < -0.39 is 5.63 Å². The average Bonchev–Trinajstić information content (AvgIpc) is 3.27. The number of ether oxygens (including phenoxy) is 1. The molecule has 8 nitrogen and oxygen atoms in total. The molecule has 8 heteroatoms. The topological polar surface area (TPSA) is 111 Å². The summed E-state index contributed by atoms with van der Waals surface area (Å²) in [5.74, 6) is 0.830. The van der Waals surface area contributed by atoms with Crippen molar-refractivity contribution < 1.29 is 18.7 Å². The highest BCUT2D eigenvalue weighted by molar-refractivity contribution is 5.82. The Labute approximate surface area is 178 Å². The first-order chi connectivity index (χ1) is 15.1. The lowest BCUT2D eigenvalue weighted by molar-refractivity contribution is 0.398. The van der Waals surface area contributed by atoms with Gasteiger partial charge in [0, 0.05) is 29.3 Å². The Morgan fingerprint density at radius 1 is 1.03 bits per heavy atom. The molecule has 3 aromatic heterocycles. The van der Waals surface area contributed by atoms with Crippen LogP contribution in [-0.4, -0.2) is 27.4 Å². The zero-order valence-electron chi connectivity index (χ0n) is 17.4. The van der Waals surface area contributed by atoms with Gasteiger partial charge in [-0.3, -0.25) is 0 Å². The molecule has 0 bridgehead atoms. The molecule has 1 aromatic carbocycles. The number of unbranched alkanes of at least 4 members (excludes halogenated alkanes) is 3. The van der Waals surface area contributed by atoms with Gasteiger partial charge in [-0.05, 0) is 36.6 Å². The smallest absolute Gasteiger partial charge is 0.349 e. The lowest BCUT2D eigenvalue weighted by atomic mass is 10.0. The minimum absolute atomic E-state index is 0.0546. The molecule has 0 aliphatic carbocycles. The Balaban J connectivity index is 1.67. The normalized spacial score (nSPS) is 11.2. The van der Waals surface area contributed by atoms with E-state index in [1.54, 1.807) is 24.4 Å². The zero-order chi connectivity index (χ0) is 21.8. The number of methoxy groups -OCH3 is 1. The van der Waals surface area contributed by atoms with Crippen LogP contribution in [0.15, 0.2) is 50.2 Å². The SMILES string of the molecule is CCCCCCc1cc2cc(-c3nnc(-c4ccnc(OC)c4)o3)c(=O)oc2cc1O. The summed E-state index contributed by atoms with van der Waals surface area (Å²) in [5.41, 5.74) is 1.29. The van der Waals surface area contributed by atoms with Gasteiger partial charge < -0.3 is 18.7 Å². The molecule has 0 radical (unpaired) electrons. The van der Waals surface area contributed by atoms with Crippen LogP contribution in [0.2, 0.25) is 0 Å². The van der Waals surface area contributed by atoms with Crippen LogP contribution in [0.25, 0.3) is 33.9 Å². The highest BCUT2D eigenvalue weighted by Crippen LogP contribution is 2.29. The Morgan fingerprint density at radius 3 is 2.68 bits per heavy atom. The van der Waals surface area contributed by atoms with E-state index in [9.17, 15) is 9.90 Å². The molecule has 31 heavy (non-hydrogen) atoms. The van der Waals surface area contributed by atoms with Gasteiger partial charge in [-0.2, -0.15) is 0 Å². The van der Waals surface area contributed by atoms with Crippen LogP contribution in [0, 0.1) is 0 Å². The predicted molar refractivity (Wildman–Crippen MR) is 115 cm³/mol. The van der Waals surface area contributed by atoms with Gasteiger partial charge in [0.2, 0.25) is 11.8 Å². The van der Waals surface area contributed by atoms with E-state index in [2.05, 4.69) is 22.1 Å². The molecule has 0 amide bonds. The largest absolute Gasteiger partial charge is 0.508 e. The minimum atomic E-state index is -0.620.